The average molecular weight is 405 g/mol. The van der Waals surface area contributed by atoms with Crippen molar-refractivity contribution in [1.82, 2.24) is 5.32 Å². The molecule has 0 aliphatic heterocycles. The number of nitrogens with two attached hydrogens (primary N) is 1. The fourth-order valence-electron chi connectivity index (χ4n) is 2.74. The second kappa shape index (κ2) is 8.41. The summed E-state index contributed by atoms with van der Waals surface area (Å²) in [5.41, 5.74) is 6.04. The quantitative estimate of drug-likeness (QED) is 0.615. The maximum absolute atomic E-state index is 13.4. The molecule has 0 saturated heterocycles. The van der Waals surface area contributed by atoms with Gasteiger partial charge in [-0.25, -0.2) is 9.18 Å². The predicted octanol–water partition coefficient (Wildman–Crippen LogP) is 3.09. The van der Waals surface area contributed by atoms with Crippen molar-refractivity contribution in [2.24, 2.45) is 5.73 Å². The molecule has 3 aromatic rings. The number of fused-ring (bicyclic) bond motifs is 1. The van der Waals surface area contributed by atoms with Crippen LogP contribution in [0.2, 0.25) is 5.02 Å². The molecular weight excluding hydrogens is 387 g/mol. The number of nitrogens with one attached hydrogen (secondary N) is 1. The minimum absolute atomic E-state index is 0.178. The van der Waals surface area contributed by atoms with Crippen molar-refractivity contribution in [3.8, 4) is 16.9 Å². The van der Waals surface area contributed by atoms with Crippen LogP contribution < -0.4 is 21.4 Å². The lowest BCUT2D eigenvalue weighted by Crippen LogP contribution is -2.38. The SMILES string of the molecule is C[C@@H](Oc1ccc2c(-c3ccc(F)cc3Cl)cc(=O)oc2c1)C(=O)NCCN. The van der Waals surface area contributed by atoms with Crippen LogP contribution in [0.3, 0.4) is 0 Å². The highest BCUT2D eigenvalue weighted by molar-refractivity contribution is 6.33. The highest BCUT2D eigenvalue weighted by atomic mass is 35.5. The molecule has 3 rings (SSSR count). The Morgan fingerprint density at radius 1 is 1.25 bits per heavy atom. The van der Waals surface area contributed by atoms with Crippen LogP contribution in [0, 0.1) is 5.82 Å². The summed E-state index contributed by atoms with van der Waals surface area (Å²) >= 11 is 6.14. The first-order valence-electron chi connectivity index (χ1n) is 8.57. The Hall–Kier alpha value is -2.90. The third kappa shape index (κ3) is 4.32. The van der Waals surface area contributed by atoms with Crippen LogP contribution >= 0.6 is 11.6 Å². The Morgan fingerprint density at radius 3 is 2.75 bits per heavy atom. The van der Waals surface area contributed by atoms with E-state index in [1.54, 1.807) is 19.1 Å². The molecule has 0 fully saturated rings. The summed E-state index contributed by atoms with van der Waals surface area (Å²) in [5.74, 6) is -0.425. The molecule has 1 atom stereocenters. The Balaban J connectivity index is 1.97. The van der Waals surface area contributed by atoms with Gasteiger partial charge in [-0.2, -0.15) is 0 Å². The van der Waals surface area contributed by atoms with E-state index in [1.807, 2.05) is 0 Å². The molecule has 0 aliphatic carbocycles. The van der Waals surface area contributed by atoms with Crippen LogP contribution in [0.1, 0.15) is 6.92 Å². The van der Waals surface area contributed by atoms with E-state index in [1.165, 1.54) is 30.3 Å². The van der Waals surface area contributed by atoms with Crippen LogP contribution in [0.4, 0.5) is 4.39 Å². The summed E-state index contributed by atoms with van der Waals surface area (Å²) in [4.78, 5) is 23.9. The van der Waals surface area contributed by atoms with Crippen molar-refractivity contribution < 1.29 is 18.3 Å². The van der Waals surface area contributed by atoms with Gasteiger partial charge in [-0.15, -0.1) is 0 Å². The van der Waals surface area contributed by atoms with Gasteiger partial charge in [-0.1, -0.05) is 11.6 Å². The van der Waals surface area contributed by atoms with E-state index in [9.17, 15) is 14.0 Å². The number of rotatable bonds is 6. The van der Waals surface area contributed by atoms with Crippen LogP contribution in [-0.2, 0) is 4.79 Å². The van der Waals surface area contributed by atoms with Gasteiger partial charge in [0.05, 0.1) is 5.02 Å². The summed E-state index contributed by atoms with van der Waals surface area (Å²) in [7, 11) is 0. The molecule has 0 unspecified atom stereocenters. The van der Waals surface area contributed by atoms with Gasteiger partial charge in [0.1, 0.15) is 17.1 Å². The van der Waals surface area contributed by atoms with Crippen molar-refractivity contribution in [1.29, 1.82) is 0 Å². The first kappa shape index (κ1) is 19.9. The van der Waals surface area contributed by atoms with Gasteiger partial charge in [-0.3, -0.25) is 4.79 Å². The van der Waals surface area contributed by atoms with Crippen LogP contribution in [0.25, 0.3) is 22.1 Å². The highest BCUT2D eigenvalue weighted by Gasteiger charge is 2.16. The Labute approximate surface area is 165 Å². The lowest BCUT2D eigenvalue weighted by Gasteiger charge is -2.15. The zero-order valence-corrected chi connectivity index (χ0v) is 15.8. The number of hydrogen-bond acceptors (Lipinski definition) is 5. The number of carbonyl (C=O) groups is 1. The van der Waals surface area contributed by atoms with Crippen molar-refractivity contribution in [2.45, 2.75) is 13.0 Å². The molecule has 0 bridgehead atoms. The van der Waals surface area contributed by atoms with Gasteiger partial charge in [-0.05, 0) is 37.3 Å². The van der Waals surface area contributed by atoms with Gasteiger partial charge in [0.25, 0.3) is 5.91 Å². The van der Waals surface area contributed by atoms with Crippen LogP contribution in [-0.4, -0.2) is 25.1 Å². The second-order valence-electron chi connectivity index (χ2n) is 6.10. The molecule has 0 radical (unpaired) electrons. The summed E-state index contributed by atoms with van der Waals surface area (Å²) < 4.78 is 24.2. The van der Waals surface area contributed by atoms with Gasteiger partial charge >= 0.3 is 5.63 Å². The Morgan fingerprint density at radius 2 is 2.04 bits per heavy atom. The maximum atomic E-state index is 13.4. The minimum atomic E-state index is -0.759. The maximum Gasteiger partial charge on any atom is 0.336 e. The van der Waals surface area contributed by atoms with Gasteiger partial charge in [0.2, 0.25) is 0 Å². The van der Waals surface area contributed by atoms with E-state index in [4.69, 9.17) is 26.5 Å². The van der Waals surface area contributed by atoms with Crippen molar-refractivity contribution in [2.75, 3.05) is 13.1 Å². The van der Waals surface area contributed by atoms with Crippen molar-refractivity contribution >= 4 is 28.5 Å². The predicted molar refractivity (Wildman–Crippen MR) is 105 cm³/mol. The minimum Gasteiger partial charge on any atom is -0.481 e. The van der Waals surface area contributed by atoms with Crippen molar-refractivity contribution in [3.63, 3.8) is 0 Å². The number of hydrogen-bond donors (Lipinski definition) is 2. The topological polar surface area (TPSA) is 94.6 Å². The smallest absolute Gasteiger partial charge is 0.336 e. The van der Waals surface area contributed by atoms with E-state index >= 15 is 0 Å². The summed E-state index contributed by atoms with van der Waals surface area (Å²) in [6.45, 7) is 2.27. The number of halogens is 2. The van der Waals surface area contributed by atoms with E-state index in [0.717, 1.165) is 0 Å². The first-order chi connectivity index (χ1) is 13.4. The molecule has 1 heterocycles. The molecule has 2 aromatic carbocycles. The summed E-state index contributed by atoms with van der Waals surface area (Å²) in [6, 6.07) is 10.1. The normalized spacial score (nSPS) is 12.0. The summed E-state index contributed by atoms with van der Waals surface area (Å²) in [5, 5.41) is 3.41. The van der Waals surface area contributed by atoms with Gasteiger partial charge < -0.3 is 20.2 Å². The van der Waals surface area contributed by atoms with Crippen molar-refractivity contribution in [3.05, 3.63) is 63.7 Å². The Kier molecular flexibility index (Phi) is 5.96. The molecule has 0 saturated carbocycles. The fourth-order valence-corrected chi connectivity index (χ4v) is 3.01. The van der Waals surface area contributed by atoms with E-state index in [-0.39, 0.29) is 16.5 Å². The molecule has 1 aromatic heterocycles. The van der Waals surface area contributed by atoms with Crippen LogP contribution in [0.15, 0.2) is 51.7 Å². The highest BCUT2D eigenvalue weighted by Crippen LogP contribution is 2.34. The molecule has 3 N–H and O–H groups in total. The molecule has 1 amide bonds. The summed E-state index contributed by atoms with van der Waals surface area (Å²) in [6.07, 6.45) is -0.759. The van der Waals surface area contributed by atoms with Gasteiger partial charge in [0.15, 0.2) is 6.10 Å². The number of carbonyl (C=O) groups excluding carboxylic acids is 1. The molecule has 28 heavy (non-hydrogen) atoms. The molecule has 0 aliphatic rings. The molecule has 146 valence electrons. The van der Waals surface area contributed by atoms with Crippen LogP contribution in [0.5, 0.6) is 5.75 Å². The second-order valence-corrected chi connectivity index (χ2v) is 6.51. The molecule has 0 spiro atoms. The number of benzene rings is 2. The lowest BCUT2D eigenvalue weighted by atomic mass is 10.0. The third-order valence-electron chi connectivity index (χ3n) is 4.06. The first-order valence-corrected chi connectivity index (χ1v) is 8.94. The van der Waals surface area contributed by atoms with E-state index in [0.29, 0.717) is 35.4 Å². The number of ether oxygens (including phenoxy) is 1. The largest absolute Gasteiger partial charge is 0.481 e. The third-order valence-corrected chi connectivity index (χ3v) is 4.38. The molecule has 6 nitrogen and oxygen atoms in total. The molecular formula is C20H18ClFN2O4. The zero-order chi connectivity index (χ0) is 20.3. The zero-order valence-electron chi connectivity index (χ0n) is 15.0. The monoisotopic (exact) mass is 404 g/mol. The number of amides is 1. The van der Waals surface area contributed by atoms with E-state index < -0.39 is 17.5 Å². The van der Waals surface area contributed by atoms with Gasteiger partial charge in [0, 0.05) is 41.7 Å². The standard InChI is InChI=1S/C20H18ClFN2O4/c1-11(20(26)24-7-6-23)27-13-3-5-15-16(10-19(25)28-18(15)9-13)14-4-2-12(22)8-17(14)21/h2-5,8-11H,6-7,23H2,1H3,(H,24,26)/t11-/m1/s1. The fraction of sp³-hybridized carbons (Fsp3) is 0.200. The van der Waals surface area contributed by atoms with E-state index in [2.05, 4.69) is 5.32 Å². The molecule has 8 heteroatoms. The average Bonchev–Trinajstić information content (AvgIpc) is 2.65. The lowest BCUT2D eigenvalue weighted by molar-refractivity contribution is -0.127. The Bertz CT molecular complexity index is 1080.